The largest absolute Gasteiger partial charge is 0.383 e. The summed E-state index contributed by atoms with van der Waals surface area (Å²) in [5.74, 6) is 1.52. The molecule has 0 saturated heterocycles. The SMILES string of the molecule is CCC(C)c1nc(N)c(C)c(Cl)n1. The van der Waals surface area contributed by atoms with Gasteiger partial charge in [0, 0.05) is 11.5 Å². The van der Waals surface area contributed by atoms with Gasteiger partial charge < -0.3 is 5.73 Å². The van der Waals surface area contributed by atoms with E-state index in [1.54, 1.807) is 0 Å². The maximum Gasteiger partial charge on any atom is 0.137 e. The van der Waals surface area contributed by atoms with Gasteiger partial charge in [-0.15, -0.1) is 0 Å². The average molecular weight is 200 g/mol. The van der Waals surface area contributed by atoms with Crippen LogP contribution in [0.1, 0.15) is 37.6 Å². The molecule has 0 aliphatic heterocycles. The molecule has 0 aliphatic rings. The summed E-state index contributed by atoms with van der Waals surface area (Å²) in [5.41, 5.74) is 6.44. The quantitative estimate of drug-likeness (QED) is 0.745. The number of hydrogen-bond donors (Lipinski definition) is 1. The molecule has 1 rings (SSSR count). The standard InChI is InChI=1S/C9H14ClN3/c1-4-5(2)9-12-7(10)6(3)8(11)13-9/h5H,4H2,1-3H3,(H2,11,12,13). The normalized spacial score (nSPS) is 12.9. The van der Waals surface area contributed by atoms with Crippen molar-refractivity contribution in [3.63, 3.8) is 0 Å². The number of nitrogens with two attached hydrogens (primary N) is 1. The Morgan fingerprint density at radius 3 is 2.54 bits per heavy atom. The molecule has 0 aliphatic carbocycles. The van der Waals surface area contributed by atoms with Crippen LogP contribution in [0.5, 0.6) is 0 Å². The zero-order valence-corrected chi connectivity index (χ0v) is 8.89. The molecule has 0 bridgehead atoms. The van der Waals surface area contributed by atoms with Crippen LogP contribution in [0.3, 0.4) is 0 Å². The Morgan fingerprint density at radius 1 is 1.46 bits per heavy atom. The Kier molecular flexibility index (Phi) is 3.09. The van der Waals surface area contributed by atoms with E-state index in [9.17, 15) is 0 Å². The van der Waals surface area contributed by atoms with Crippen LogP contribution in [0, 0.1) is 6.92 Å². The summed E-state index contributed by atoms with van der Waals surface area (Å²) in [6.45, 7) is 5.95. The van der Waals surface area contributed by atoms with E-state index < -0.39 is 0 Å². The lowest BCUT2D eigenvalue weighted by atomic mass is 10.1. The summed E-state index contributed by atoms with van der Waals surface area (Å²) in [4.78, 5) is 8.37. The first-order chi connectivity index (χ1) is 6.06. The number of hydrogen-bond acceptors (Lipinski definition) is 3. The maximum atomic E-state index is 5.89. The van der Waals surface area contributed by atoms with Gasteiger partial charge >= 0.3 is 0 Å². The number of aromatic nitrogens is 2. The molecular weight excluding hydrogens is 186 g/mol. The Morgan fingerprint density at radius 2 is 2.08 bits per heavy atom. The van der Waals surface area contributed by atoms with Gasteiger partial charge in [-0.3, -0.25) is 0 Å². The highest BCUT2D eigenvalue weighted by molar-refractivity contribution is 6.30. The summed E-state index contributed by atoms with van der Waals surface area (Å²) in [6.07, 6.45) is 0.985. The topological polar surface area (TPSA) is 51.8 Å². The Balaban J connectivity index is 3.13. The lowest BCUT2D eigenvalue weighted by molar-refractivity contribution is 0.679. The fourth-order valence-electron chi connectivity index (χ4n) is 0.925. The van der Waals surface area contributed by atoms with E-state index in [1.807, 2.05) is 6.92 Å². The van der Waals surface area contributed by atoms with E-state index in [2.05, 4.69) is 23.8 Å². The molecule has 13 heavy (non-hydrogen) atoms. The zero-order valence-electron chi connectivity index (χ0n) is 8.13. The van der Waals surface area contributed by atoms with Crippen molar-refractivity contribution in [1.29, 1.82) is 0 Å². The second-order valence-corrected chi connectivity index (χ2v) is 3.55. The van der Waals surface area contributed by atoms with Crippen LogP contribution < -0.4 is 5.73 Å². The number of nitrogens with zero attached hydrogens (tertiary/aromatic N) is 2. The maximum absolute atomic E-state index is 5.89. The second-order valence-electron chi connectivity index (χ2n) is 3.19. The van der Waals surface area contributed by atoms with Crippen LogP contribution in [0.2, 0.25) is 5.15 Å². The van der Waals surface area contributed by atoms with E-state index in [-0.39, 0.29) is 0 Å². The molecule has 1 unspecified atom stereocenters. The molecule has 1 heterocycles. The number of anilines is 1. The van der Waals surface area contributed by atoms with Crippen LogP contribution in [-0.4, -0.2) is 9.97 Å². The van der Waals surface area contributed by atoms with Crippen molar-refractivity contribution in [2.24, 2.45) is 0 Å². The summed E-state index contributed by atoms with van der Waals surface area (Å²) in [5, 5.41) is 0.461. The van der Waals surface area contributed by atoms with Crippen LogP contribution in [0.15, 0.2) is 0 Å². The fraction of sp³-hybridized carbons (Fsp3) is 0.556. The minimum atomic E-state index is 0.306. The van der Waals surface area contributed by atoms with Crippen LogP contribution in [-0.2, 0) is 0 Å². The van der Waals surface area contributed by atoms with Gasteiger partial charge in [0.1, 0.15) is 16.8 Å². The van der Waals surface area contributed by atoms with Gasteiger partial charge in [-0.05, 0) is 13.3 Å². The van der Waals surface area contributed by atoms with Gasteiger partial charge in [-0.25, -0.2) is 9.97 Å². The Bertz CT molecular complexity index is 289. The summed E-state index contributed by atoms with van der Waals surface area (Å²) >= 11 is 5.89. The van der Waals surface area contributed by atoms with E-state index in [0.717, 1.165) is 17.8 Å². The van der Waals surface area contributed by atoms with E-state index in [4.69, 9.17) is 17.3 Å². The monoisotopic (exact) mass is 199 g/mol. The lowest BCUT2D eigenvalue weighted by Gasteiger charge is -2.09. The van der Waals surface area contributed by atoms with Crippen molar-refractivity contribution in [2.75, 3.05) is 5.73 Å². The minimum Gasteiger partial charge on any atom is -0.383 e. The second kappa shape index (κ2) is 3.92. The third-order valence-electron chi connectivity index (χ3n) is 2.19. The predicted molar refractivity (Wildman–Crippen MR) is 54.9 cm³/mol. The van der Waals surface area contributed by atoms with Crippen molar-refractivity contribution in [1.82, 2.24) is 9.97 Å². The van der Waals surface area contributed by atoms with Gasteiger partial charge in [-0.2, -0.15) is 0 Å². The van der Waals surface area contributed by atoms with E-state index in [0.29, 0.717) is 16.9 Å². The van der Waals surface area contributed by atoms with Gasteiger partial charge in [0.05, 0.1) is 0 Å². The molecule has 0 radical (unpaired) electrons. The summed E-state index contributed by atoms with van der Waals surface area (Å²) in [6, 6.07) is 0. The first-order valence-electron chi connectivity index (χ1n) is 4.35. The van der Waals surface area contributed by atoms with Crippen molar-refractivity contribution >= 4 is 17.4 Å². The van der Waals surface area contributed by atoms with Gasteiger partial charge in [0.15, 0.2) is 0 Å². The van der Waals surface area contributed by atoms with Gasteiger partial charge in [0.25, 0.3) is 0 Å². The Labute approximate surface area is 83.3 Å². The molecule has 2 N–H and O–H groups in total. The van der Waals surface area contributed by atoms with Crippen LogP contribution in [0.25, 0.3) is 0 Å². The smallest absolute Gasteiger partial charge is 0.137 e. The summed E-state index contributed by atoms with van der Waals surface area (Å²) < 4.78 is 0. The molecule has 0 saturated carbocycles. The first kappa shape index (κ1) is 10.3. The lowest BCUT2D eigenvalue weighted by Crippen LogP contribution is -2.05. The molecule has 0 aromatic carbocycles. The molecular formula is C9H14ClN3. The van der Waals surface area contributed by atoms with E-state index in [1.165, 1.54) is 0 Å². The minimum absolute atomic E-state index is 0.306. The van der Waals surface area contributed by atoms with Crippen molar-refractivity contribution in [3.05, 3.63) is 16.5 Å². The van der Waals surface area contributed by atoms with Crippen molar-refractivity contribution in [2.45, 2.75) is 33.1 Å². The molecule has 0 amide bonds. The van der Waals surface area contributed by atoms with E-state index >= 15 is 0 Å². The number of rotatable bonds is 2. The molecule has 72 valence electrons. The highest BCUT2D eigenvalue weighted by Gasteiger charge is 2.10. The third-order valence-corrected chi connectivity index (χ3v) is 2.56. The van der Waals surface area contributed by atoms with Crippen molar-refractivity contribution in [3.8, 4) is 0 Å². The molecule has 0 fully saturated rings. The highest BCUT2D eigenvalue weighted by atomic mass is 35.5. The average Bonchev–Trinajstić information content (AvgIpc) is 2.12. The number of halogens is 1. The zero-order chi connectivity index (χ0) is 10.0. The molecule has 4 heteroatoms. The van der Waals surface area contributed by atoms with Gasteiger partial charge in [0.2, 0.25) is 0 Å². The first-order valence-corrected chi connectivity index (χ1v) is 4.73. The molecule has 1 aromatic rings. The highest BCUT2D eigenvalue weighted by Crippen LogP contribution is 2.22. The Hall–Kier alpha value is -0.830. The molecule has 1 atom stereocenters. The predicted octanol–water partition coefficient (Wildman–Crippen LogP) is 2.53. The third kappa shape index (κ3) is 2.10. The van der Waals surface area contributed by atoms with Crippen molar-refractivity contribution < 1.29 is 0 Å². The van der Waals surface area contributed by atoms with Crippen LogP contribution >= 0.6 is 11.6 Å². The fourth-order valence-corrected chi connectivity index (χ4v) is 1.11. The molecule has 1 aromatic heterocycles. The van der Waals surface area contributed by atoms with Crippen LogP contribution in [0.4, 0.5) is 5.82 Å². The molecule has 0 spiro atoms. The number of nitrogen functional groups attached to an aromatic ring is 1. The van der Waals surface area contributed by atoms with Gasteiger partial charge in [-0.1, -0.05) is 25.4 Å². The summed E-state index contributed by atoms with van der Waals surface area (Å²) in [7, 11) is 0. The molecule has 3 nitrogen and oxygen atoms in total.